The van der Waals surface area contributed by atoms with Crippen LogP contribution in [0, 0.1) is 6.92 Å². The molecule has 2 aromatic carbocycles. The normalized spacial score (nSPS) is 15.0. The molecule has 0 radical (unpaired) electrons. The number of hydrogen-bond donors (Lipinski definition) is 0. The van der Waals surface area contributed by atoms with Crippen molar-refractivity contribution in [3.8, 4) is 5.75 Å². The van der Waals surface area contributed by atoms with Crippen LogP contribution in [0.1, 0.15) is 23.1 Å². The Morgan fingerprint density at radius 3 is 2.57 bits per heavy atom. The standard InChI is InChI=1S/C19H21ClO3/c1-14-2-7-18(20)16(12-14)13-15-3-5-17(6-4-15)21-9-8-19-22-10-11-23-19/h2-7,12,19H,8-11,13H2,1H3. The zero-order chi connectivity index (χ0) is 16.1. The van der Waals surface area contributed by atoms with Crippen LogP contribution in [0.25, 0.3) is 0 Å². The van der Waals surface area contributed by atoms with E-state index in [0.29, 0.717) is 19.8 Å². The summed E-state index contributed by atoms with van der Waals surface area (Å²) >= 11 is 6.26. The smallest absolute Gasteiger partial charge is 0.161 e. The number of hydrogen-bond acceptors (Lipinski definition) is 3. The average Bonchev–Trinajstić information content (AvgIpc) is 3.06. The Kier molecular flexibility index (Phi) is 5.55. The van der Waals surface area contributed by atoms with E-state index in [1.165, 1.54) is 11.1 Å². The first-order chi connectivity index (χ1) is 11.2. The summed E-state index contributed by atoms with van der Waals surface area (Å²) < 4.78 is 16.5. The Labute approximate surface area is 142 Å². The van der Waals surface area contributed by atoms with E-state index in [0.717, 1.165) is 29.2 Å². The molecule has 3 nitrogen and oxygen atoms in total. The minimum atomic E-state index is -0.113. The maximum Gasteiger partial charge on any atom is 0.161 e. The number of aryl methyl sites for hydroxylation is 1. The van der Waals surface area contributed by atoms with Gasteiger partial charge in [0.25, 0.3) is 0 Å². The van der Waals surface area contributed by atoms with Crippen LogP contribution < -0.4 is 4.74 Å². The van der Waals surface area contributed by atoms with Crippen LogP contribution >= 0.6 is 11.6 Å². The molecule has 0 spiro atoms. The second-order valence-electron chi connectivity index (χ2n) is 5.72. The predicted octanol–water partition coefficient (Wildman–Crippen LogP) is 4.38. The molecular weight excluding hydrogens is 312 g/mol. The lowest BCUT2D eigenvalue weighted by Crippen LogP contribution is -2.12. The lowest BCUT2D eigenvalue weighted by Gasteiger charge is -2.11. The molecule has 0 aromatic heterocycles. The fourth-order valence-corrected chi connectivity index (χ4v) is 2.79. The predicted molar refractivity (Wildman–Crippen MR) is 91.2 cm³/mol. The van der Waals surface area contributed by atoms with Gasteiger partial charge in [-0.15, -0.1) is 0 Å². The summed E-state index contributed by atoms with van der Waals surface area (Å²) in [5, 5.41) is 0.812. The molecule has 0 aliphatic carbocycles. The highest BCUT2D eigenvalue weighted by atomic mass is 35.5. The topological polar surface area (TPSA) is 27.7 Å². The Hall–Kier alpha value is -1.55. The summed E-state index contributed by atoms with van der Waals surface area (Å²) in [5.41, 5.74) is 3.59. The van der Waals surface area contributed by atoms with E-state index < -0.39 is 0 Å². The van der Waals surface area contributed by atoms with E-state index in [4.69, 9.17) is 25.8 Å². The molecule has 0 amide bonds. The van der Waals surface area contributed by atoms with Crippen LogP contribution in [-0.4, -0.2) is 26.1 Å². The molecule has 4 heteroatoms. The minimum Gasteiger partial charge on any atom is -0.493 e. The summed E-state index contributed by atoms with van der Waals surface area (Å²) in [7, 11) is 0. The number of rotatable bonds is 6. The van der Waals surface area contributed by atoms with Gasteiger partial charge in [0.1, 0.15) is 5.75 Å². The van der Waals surface area contributed by atoms with Gasteiger partial charge in [-0.1, -0.05) is 41.4 Å². The average molecular weight is 333 g/mol. The van der Waals surface area contributed by atoms with E-state index in [2.05, 4.69) is 25.1 Å². The molecular formula is C19H21ClO3. The van der Waals surface area contributed by atoms with Crippen molar-refractivity contribution in [2.45, 2.75) is 26.1 Å². The summed E-state index contributed by atoms with van der Waals surface area (Å²) in [6, 6.07) is 14.3. The maximum atomic E-state index is 6.26. The molecule has 1 aliphatic rings. The first-order valence-electron chi connectivity index (χ1n) is 7.91. The summed E-state index contributed by atoms with van der Waals surface area (Å²) in [6.45, 7) is 4.03. The third-order valence-corrected chi connectivity index (χ3v) is 4.20. The zero-order valence-electron chi connectivity index (χ0n) is 13.3. The molecule has 0 bridgehead atoms. The van der Waals surface area contributed by atoms with Gasteiger partial charge in [0.2, 0.25) is 0 Å². The number of ether oxygens (including phenoxy) is 3. The highest BCUT2D eigenvalue weighted by molar-refractivity contribution is 6.31. The summed E-state index contributed by atoms with van der Waals surface area (Å²) in [4.78, 5) is 0. The van der Waals surface area contributed by atoms with Gasteiger partial charge in [-0.2, -0.15) is 0 Å². The second-order valence-corrected chi connectivity index (χ2v) is 6.13. The third-order valence-electron chi connectivity index (χ3n) is 3.83. The monoisotopic (exact) mass is 332 g/mol. The molecule has 2 aromatic rings. The van der Waals surface area contributed by atoms with Crippen molar-refractivity contribution in [1.29, 1.82) is 0 Å². The SMILES string of the molecule is Cc1ccc(Cl)c(Cc2ccc(OCCC3OCCO3)cc2)c1. The van der Waals surface area contributed by atoms with Crippen LogP contribution in [0.15, 0.2) is 42.5 Å². The van der Waals surface area contributed by atoms with E-state index >= 15 is 0 Å². The molecule has 0 atom stereocenters. The molecule has 0 N–H and O–H groups in total. The van der Waals surface area contributed by atoms with E-state index in [-0.39, 0.29) is 6.29 Å². The van der Waals surface area contributed by atoms with Gasteiger partial charge in [0.05, 0.1) is 19.8 Å². The molecule has 1 aliphatic heterocycles. The number of halogens is 1. The zero-order valence-corrected chi connectivity index (χ0v) is 14.0. The third kappa shape index (κ3) is 4.71. The first-order valence-corrected chi connectivity index (χ1v) is 8.28. The fraction of sp³-hybridized carbons (Fsp3) is 0.368. The highest BCUT2D eigenvalue weighted by Crippen LogP contribution is 2.22. The van der Waals surface area contributed by atoms with Crippen molar-refractivity contribution in [2.24, 2.45) is 0 Å². The summed E-state index contributed by atoms with van der Waals surface area (Å²) in [6.07, 6.45) is 1.46. The van der Waals surface area contributed by atoms with Crippen LogP contribution in [0.2, 0.25) is 5.02 Å². The Morgan fingerprint density at radius 1 is 1.09 bits per heavy atom. The molecule has 0 unspecified atom stereocenters. The van der Waals surface area contributed by atoms with E-state index in [1.54, 1.807) is 0 Å². The highest BCUT2D eigenvalue weighted by Gasteiger charge is 2.15. The van der Waals surface area contributed by atoms with E-state index in [9.17, 15) is 0 Å². The molecule has 1 fully saturated rings. The van der Waals surface area contributed by atoms with Gasteiger partial charge >= 0.3 is 0 Å². The first kappa shape index (κ1) is 16.3. The number of benzene rings is 2. The van der Waals surface area contributed by atoms with Gasteiger partial charge in [-0.05, 0) is 42.7 Å². The molecule has 23 heavy (non-hydrogen) atoms. The quantitative estimate of drug-likeness (QED) is 0.785. The van der Waals surface area contributed by atoms with Crippen molar-refractivity contribution in [1.82, 2.24) is 0 Å². The van der Waals surface area contributed by atoms with Gasteiger partial charge in [-0.3, -0.25) is 0 Å². The van der Waals surface area contributed by atoms with Crippen LogP contribution in [-0.2, 0) is 15.9 Å². The van der Waals surface area contributed by atoms with Gasteiger partial charge in [-0.25, -0.2) is 0 Å². The van der Waals surface area contributed by atoms with Gasteiger partial charge < -0.3 is 14.2 Å². The van der Waals surface area contributed by atoms with Gasteiger partial charge in [0, 0.05) is 11.4 Å². The maximum absolute atomic E-state index is 6.26. The van der Waals surface area contributed by atoms with Crippen molar-refractivity contribution in [3.63, 3.8) is 0 Å². The van der Waals surface area contributed by atoms with E-state index in [1.807, 2.05) is 24.3 Å². The van der Waals surface area contributed by atoms with Crippen LogP contribution in [0.3, 0.4) is 0 Å². The largest absolute Gasteiger partial charge is 0.493 e. The molecule has 1 heterocycles. The second kappa shape index (κ2) is 7.82. The molecule has 1 saturated heterocycles. The lowest BCUT2D eigenvalue weighted by molar-refractivity contribution is -0.0531. The molecule has 122 valence electrons. The Balaban J connectivity index is 1.53. The Bertz CT molecular complexity index is 634. The van der Waals surface area contributed by atoms with Crippen LogP contribution in [0.4, 0.5) is 0 Å². The molecule has 3 rings (SSSR count). The summed E-state index contributed by atoms with van der Waals surface area (Å²) in [5.74, 6) is 0.863. The van der Waals surface area contributed by atoms with Crippen molar-refractivity contribution in [3.05, 3.63) is 64.2 Å². The van der Waals surface area contributed by atoms with Gasteiger partial charge in [0.15, 0.2) is 6.29 Å². The molecule has 0 saturated carbocycles. The van der Waals surface area contributed by atoms with Crippen molar-refractivity contribution in [2.75, 3.05) is 19.8 Å². The minimum absolute atomic E-state index is 0.113. The lowest BCUT2D eigenvalue weighted by atomic mass is 10.0. The van der Waals surface area contributed by atoms with Crippen molar-refractivity contribution < 1.29 is 14.2 Å². The van der Waals surface area contributed by atoms with Crippen LogP contribution in [0.5, 0.6) is 5.75 Å². The fourth-order valence-electron chi connectivity index (χ4n) is 2.61. The Morgan fingerprint density at radius 2 is 1.83 bits per heavy atom. The van der Waals surface area contributed by atoms with Crippen molar-refractivity contribution >= 4 is 11.6 Å².